The van der Waals surface area contributed by atoms with E-state index in [1.807, 2.05) is 12.1 Å². The highest BCUT2D eigenvalue weighted by Crippen LogP contribution is 2.10. The molecular formula is C8H5BrN2. The van der Waals surface area contributed by atoms with Gasteiger partial charge in [0.05, 0.1) is 6.07 Å². The average molecular weight is 209 g/mol. The van der Waals surface area contributed by atoms with Gasteiger partial charge in [-0.05, 0) is 33.6 Å². The van der Waals surface area contributed by atoms with Gasteiger partial charge in [-0.25, -0.2) is 0 Å². The first-order valence-electron chi connectivity index (χ1n) is 2.99. The zero-order valence-corrected chi connectivity index (χ0v) is 7.25. The van der Waals surface area contributed by atoms with Crippen LogP contribution in [0.3, 0.4) is 0 Å². The fraction of sp³-hybridized carbons (Fsp3) is 0. The molecule has 0 saturated carbocycles. The monoisotopic (exact) mass is 208 g/mol. The Morgan fingerprint density at radius 2 is 2.36 bits per heavy atom. The lowest BCUT2D eigenvalue weighted by Gasteiger charge is -1.90. The van der Waals surface area contributed by atoms with Crippen LogP contribution in [-0.4, -0.2) is 4.98 Å². The summed E-state index contributed by atoms with van der Waals surface area (Å²) in [5.74, 6) is 0. The molecule has 11 heavy (non-hydrogen) atoms. The van der Waals surface area contributed by atoms with Crippen LogP contribution in [0.5, 0.6) is 0 Å². The van der Waals surface area contributed by atoms with E-state index in [0.29, 0.717) is 0 Å². The van der Waals surface area contributed by atoms with Gasteiger partial charge in [0.15, 0.2) is 0 Å². The first kappa shape index (κ1) is 7.96. The SMILES string of the molecule is N#C/C=C/c1cncc(Br)c1. The Hall–Kier alpha value is -1.14. The highest BCUT2D eigenvalue weighted by atomic mass is 79.9. The van der Waals surface area contributed by atoms with Crippen molar-refractivity contribution in [3.05, 3.63) is 34.6 Å². The lowest BCUT2D eigenvalue weighted by molar-refractivity contribution is 1.30. The molecule has 0 N–H and O–H groups in total. The minimum absolute atomic E-state index is 0.914. The molecule has 0 unspecified atom stereocenters. The molecule has 0 amide bonds. The fourth-order valence-electron chi connectivity index (χ4n) is 0.653. The van der Waals surface area contributed by atoms with Gasteiger partial charge in [0.1, 0.15) is 0 Å². The van der Waals surface area contributed by atoms with E-state index in [0.717, 1.165) is 10.0 Å². The first-order chi connectivity index (χ1) is 5.33. The molecule has 1 rings (SSSR count). The molecule has 1 aromatic heterocycles. The summed E-state index contributed by atoms with van der Waals surface area (Å²) in [4.78, 5) is 3.93. The molecule has 0 fully saturated rings. The van der Waals surface area contributed by atoms with Crippen molar-refractivity contribution in [2.24, 2.45) is 0 Å². The Kier molecular flexibility index (Phi) is 2.82. The molecule has 0 aromatic carbocycles. The zero-order valence-electron chi connectivity index (χ0n) is 5.66. The Morgan fingerprint density at radius 3 is 3.00 bits per heavy atom. The Bertz CT molecular complexity index is 312. The van der Waals surface area contributed by atoms with Gasteiger partial charge in [0.2, 0.25) is 0 Å². The topological polar surface area (TPSA) is 36.7 Å². The van der Waals surface area contributed by atoms with Crippen molar-refractivity contribution in [3.63, 3.8) is 0 Å². The summed E-state index contributed by atoms with van der Waals surface area (Å²) in [6.45, 7) is 0. The van der Waals surface area contributed by atoms with Crippen LogP contribution in [0.4, 0.5) is 0 Å². The Morgan fingerprint density at radius 1 is 1.55 bits per heavy atom. The number of hydrogen-bond acceptors (Lipinski definition) is 2. The van der Waals surface area contributed by atoms with Gasteiger partial charge in [0, 0.05) is 22.9 Å². The highest BCUT2D eigenvalue weighted by Gasteiger charge is 1.87. The summed E-state index contributed by atoms with van der Waals surface area (Å²) >= 11 is 3.27. The third-order valence-corrected chi connectivity index (χ3v) is 1.51. The third kappa shape index (κ3) is 2.52. The van der Waals surface area contributed by atoms with E-state index in [1.165, 1.54) is 6.08 Å². The average Bonchev–Trinajstić information content (AvgIpc) is 2.01. The maximum Gasteiger partial charge on any atom is 0.0912 e. The summed E-state index contributed by atoms with van der Waals surface area (Å²) in [6.07, 6.45) is 6.52. The lowest BCUT2D eigenvalue weighted by Crippen LogP contribution is -1.74. The summed E-state index contributed by atoms with van der Waals surface area (Å²) in [5.41, 5.74) is 0.918. The van der Waals surface area contributed by atoms with E-state index in [1.54, 1.807) is 18.5 Å². The van der Waals surface area contributed by atoms with Gasteiger partial charge in [0.25, 0.3) is 0 Å². The van der Waals surface area contributed by atoms with Crippen LogP contribution in [0, 0.1) is 11.3 Å². The van der Waals surface area contributed by atoms with Crippen LogP contribution in [0.25, 0.3) is 6.08 Å². The number of allylic oxidation sites excluding steroid dienone is 1. The molecule has 0 atom stereocenters. The summed E-state index contributed by atoms with van der Waals surface area (Å²) < 4.78 is 0.914. The third-order valence-electron chi connectivity index (χ3n) is 1.08. The van der Waals surface area contributed by atoms with Gasteiger partial charge >= 0.3 is 0 Å². The zero-order chi connectivity index (χ0) is 8.10. The second kappa shape index (κ2) is 3.89. The summed E-state index contributed by atoms with van der Waals surface area (Å²) in [5, 5.41) is 8.23. The van der Waals surface area contributed by atoms with Gasteiger partial charge in [-0.15, -0.1) is 0 Å². The predicted molar refractivity (Wildman–Crippen MR) is 46.6 cm³/mol. The van der Waals surface area contributed by atoms with Crippen LogP contribution in [-0.2, 0) is 0 Å². The van der Waals surface area contributed by atoms with Crippen molar-refractivity contribution < 1.29 is 0 Å². The van der Waals surface area contributed by atoms with Gasteiger partial charge in [-0.1, -0.05) is 0 Å². The quantitative estimate of drug-likeness (QED) is 0.665. The summed E-state index contributed by atoms with van der Waals surface area (Å²) in [7, 11) is 0. The van der Waals surface area contributed by atoms with Gasteiger partial charge in [-0.2, -0.15) is 5.26 Å². The normalized spacial score (nSPS) is 9.82. The van der Waals surface area contributed by atoms with Crippen molar-refractivity contribution in [3.8, 4) is 6.07 Å². The first-order valence-corrected chi connectivity index (χ1v) is 3.79. The Labute approximate surface area is 73.3 Å². The maximum absolute atomic E-state index is 8.23. The van der Waals surface area contributed by atoms with Crippen molar-refractivity contribution in [2.45, 2.75) is 0 Å². The van der Waals surface area contributed by atoms with E-state index < -0.39 is 0 Å². The largest absolute Gasteiger partial charge is 0.263 e. The van der Waals surface area contributed by atoms with Crippen LogP contribution < -0.4 is 0 Å². The molecule has 0 aliphatic carbocycles. The number of pyridine rings is 1. The van der Waals surface area contributed by atoms with E-state index in [4.69, 9.17) is 5.26 Å². The molecular weight excluding hydrogens is 204 g/mol. The lowest BCUT2D eigenvalue weighted by atomic mass is 10.3. The molecule has 1 aromatic rings. The van der Waals surface area contributed by atoms with Crippen molar-refractivity contribution in [2.75, 3.05) is 0 Å². The van der Waals surface area contributed by atoms with Gasteiger partial charge in [-0.3, -0.25) is 4.98 Å². The number of nitriles is 1. The second-order valence-corrected chi connectivity index (χ2v) is 2.81. The molecule has 2 nitrogen and oxygen atoms in total. The second-order valence-electron chi connectivity index (χ2n) is 1.90. The number of aromatic nitrogens is 1. The molecule has 0 spiro atoms. The minimum atomic E-state index is 0.914. The van der Waals surface area contributed by atoms with Gasteiger partial charge < -0.3 is 0 Å². The predicted octanol–water partition coefficient (Wildman–Crippen LogP) is 2.38. The molecule has 0 aliphatic heterocycles. The van der Waals surface area contributed by atoms with Crippen LogP contribution in [0.2, 0.25) is 0 Å². The van der Waals surface area contributed by atoms with Crippen molar-refractivity contribution >= 4 is 22.0 Å². The number of hydrogen-bond donors (Lipinski definition) is 0. The van der Waals surface area contributed by atoms with E-state index in [9.17, 15) is 0 Å². The maximum atomic E-state index is 8.23. The number of nitrogens with zero attached hydrogens (tertiary/aromatic N) is 2. The molecule has 0 aliphatic rings. The molecule has 1 heterocycles. The number of halogens is 1. The molecule has 0 bridgehead atoms. The summed E-state index contributed by atoms with van der Waals surface area (Å²) in [6, 6.07) is 3.80. The minimum Gasteiger partial charge on any atom is -0.263 e. The molecule has 54 valence electrons. The van der Waals surface area contributed by atoms with Crippen LogP contribution in [0.15, 0.2) is 29.0 Å². The standard InChI is InChI=1S/C8H5BrN2/c9-8-4-7(2-1-3-10)5-11-6-8/h1-2,4-6H/b2-1+. The molecule has 0 radical (unpaired) electrons. The Balaban J connectivity index is 2.90. The van der Waals surface area contributed by atoms with Crippen LogP contribution in [0.1, 0.15) is 5.56 Å². The van der Waals surface area contributed by atoms with Crippen molar-refractivity contribution in [1.29, 1.82) is 5.26 Å². The smallest absolute Gasteiger partial charge is 0.0912 e. The molecule has 0 saturated heterocycles. The number of rotatable bonds is 1. The van der Waals surface area contributed by atoms with E-state index in [-0.39, 0.29) is 0 Å². The fourth-order valence-corrected chi connectivity index (χ4v) is 1.04. The van der Waals surface area contributed by atoms with Crippen molar-refractivity contribution in [1.82, 2.24) is 4.98 Å². The van der Waals surface area contributed by atoms with Crippen LogP contribution >= 0.6 is 15.9 Å². The van der Waals surface area contributed by atoms with E-state index >= 15 is 0 Å². The van der Waals surface area contributed by atoms with E-state index in [2.05, 4.69) is 20.9 Å². The highest BCUT2D eigenvalue weighted by molar-refractivity contribution is 9.10. The molecule has 3 heteroatoms.